The van der Waals surface area contributed by atoms with Gasteiger partial charge < -0.3 is 15.7 Å². The van der Waals surface area contributed by atoms with Gasteiger partial charge in [0.2, 0.25) is 0 Å². The number of ether oxygens (including phenoxy) is 1. The molecule has 0 aromatic heterocycles. The van der Waals surface area contributed by atoms with Gasteiger partial charge in [-0.2, -0.15) is 0 Å². The van der Waals surface area contributed by atoms with E-state index >= 15 is 0 Å². The first-order valence-corrected chi connectivity index (χ1v) is 6.28. The molecule has 4 nitrogen and oxygen atoms in total. The lowest BCUT2D eigenvalue weighted by molar-refractivity contribution is 0.115. The van der Waals surface area contributed by atoms with E-state index in [2.05, 4.69) is 19.0 Å². The van der Waals surface area contributed by atoms with E-state index in [1.165, 1.54) is 6.42 Å². The molecule has 0 radical (unpaired) electrons. The largest absolute Gasteiger partial charge is 0.409 e. The zero-order valence-corrected chi connectivity index (χ0v) is 11.1. The second-order valence-electron chi connectivity index (χ2n) is 4.77. The van der Waals surface area contributed by atoms with Crippen LogP contribution in [0.5, 0.6) is 0 Å². The van der Waals surface area contributed by atoms with Gasteiger partial charge in [0.15, 0.2) is 5.84 Å². The summed E-state index contributed by atoms with van der Waals surface area (Å²) >= 11 is 0. The molecule has 0 saturated carbocycles. The van der Waals surface area contributed by atoms with Gasteiger partial charge in [0.05, 0.1) is 6.61 Å². The zero-order valence-electron chi connectivity index (χ0n) is 11.1. The normalized spacial score (nSPS) is 12.1. The Morgan fingerprint density at radius 1 is 1.33 bits per heavy atom. The molecule has 0 spiro atoms. The Morgan fingerprint density at radius 2 is 2.00 bits per heavy atom. The second kappa shape index (κ2) is 7.71. The summed E-state index contributed by atoms with van der Waals surface area (Å²) in [6.45, 7) is 5.83. The molecule has 0 aliphatic rings. The molecule has 18 heavy (non-hydrogen) atoms. The predicted molar refractivity (Wildman–Crippen MR) is 72.7 cm³/mol. The Bertz CT molecular complexity index is 372. The summed E-state index contributed by atoms with van der Waals surface area (Å²) in [5, 5.41) is 11.5. The van der Waals surface area contributed by atoms with Crippen LogP contribution in [-0.2, 0) is 11.3 Å². The van der Waals surface area contributed by atoms with Gasteiger partial charge in [-0.1, -0.05) is 43.3 Å². The van der Waals surface area contributed by atoms with Gasteiger partial charge >= 0.3 is 0 Å². The highest BCUT2D eigenvalue weighted by Gasteiger charge is 1.99. The van der Waals surface area contributed by atoms with Crippen molar-refractivity contribution in [2.45, 2.75) is 33.3 Å². The van der Waals surface area contributed by atoms with Gasteiger partial charge in [-0.15, -0.1) is 0 Å². The molecular formula is C14H22N2O2. The second-order valence-corrected chi connectivity index (χ2v) is 4.77. The van der Waals surface area contributed by atoms with Crippen molar-refractivity contribution >= 4 is 5.84 Å². The maximum atomic E-state index is 8.54. The van der Waals surface area contributed by atoms with Crippen LogP contribution < -0.4 is 5.73 Å². The fourth-order valence-electron chi connectivity index (χ4n) is 1.61. The number of nitrogens with two attached hydrogens (primary N) is 1. The van der Waals surface area contributed by atoms with Crippen LogP contribution in [0.25, 0.3) is 0 Å². The molecule has 0 unspecified atom stereocenters. The van der Waals surface area contributed by atoms with Crippen LogP contribution in [0.4, 0.5) is 0 Å². The van der Waals surface area contributed by atoms with Crippen LogP contribution >= 0.6 is 0 Å². The van der Waals surface area contributed by atoms with Crippen LogP contribution in [0.1, 0.15) is 37.8 Å². The van der Waals surface area contributed by atoms with Crippen LogP contribution in [-0.4, -0.2) is 17.6 Å². The summed E-state index contributed by atoms with van der Waals surface area (Å²) in [6.07, 6.45) is 2.29. The number of hydrogen-bond acceptors (Lipinski definition) is 3. The quantitative estimate of drug-likeness (QED) is 0.257. The smallest absolute Gasteiger partial charge is 0.170 e. The molecule has 3 N–H and O–H groups in total. The SMILES string of the molecule is CC(C)CCCOCc1ccc(/C(N)=N/O)cc1. The van der Waals surface area contributed by atoms with E-state index in [4.69, 9.17) is 15.7 Å². The first kappa shape index (κ1) is 14.5. The molecule has 1 rings (SSSR count). The average Bonchev–Trinajstić information content (AvgIpc) is 2.38. The third kappa shape index (κ3) is 5.19. The minimum absolute atomic E-state index is 0.124. The fourth-order valence-corrected chi connectivity index (χ4v) is 1.61. The number of rotatable bonds is 7. The van der Waals surface area contributed by atoms with E-state index in [-0.39, 0.29) is 5.84 Å². The Balaban J connectivity index is 2.31. The first-order chi connectivity index (χ1) is 8.63. The highest BCUT2D eigenvalue weighted by molar-refractivity contribution is 5.96. The molecule has 1 aromatic rings. The van der Waals surface area contributed by atoms with E-state index < -0.39 is 0 Å². The van der Waals surface area contributed by atoms with Crippen LogP contribution in [0.15, 0.2) is 29.4 Å². The molecule has 0 heterocycles. The Labute approximate surface area is 108 Å². The van der Waals surface area contributed by atoms with Crippen molar-refractivity contribution in [3.63, 3.8) is 0 Å². The van der Waals surface area contributed by atoms with E-state index in [0.717, 1.165) is 24.5 Å². The van der Waals surface area contributed by atoms with Gasteiger partial charge in [0.1, 0.15) is 0 Å². The number of amidine groups is 1. The molecule has 4 heteroatoms. The van der Waals surface area contributed by atoms with Crippen LogP contribution in [0.3, 0.4) is 0 Å². The molecule has 100 valence electrons. The summed E-state index contributed by atoms with van der Waals surface area (Å²) < 4.78 is 5.59. The molecule has 0 fully saturated rings. The van der Waals surface area contributed by atoms with E-state index in [1.807, 2.05) is 24.3 Å². The van der Waals surface area contributed by atoms with Gasteiger partial charge in [0.25, 0.3) is 0 Å². The molecule has 0 saturated heterocycles. The predicted octanol–water partition coefficient (Wildman–Crippen LogP) is 2.73. The number of nitrogens with zero attached hydrogens (tertiary/aromatic N) is 1. The van der Waals surface area contributed by atoms with Crippen molar-refractivity contribution in [3.8, 4) is 0 Å². The summed E-state index contributed by atoms with van der Waals surface area (Å²) in [5.41, 5.74) is 7.28. The molecular weight excluding hydrogens is 228 g/mol. The molecule has 1 aromatic carbocycles. The lowest BCUT2D eigenvalue weighted by atomic mass is 10.1. The van der Waals surface area contributed by atoms with Crippen molar-refractivity contribution in [1.29, 1.82) is 0 Å². The van der Waals surface area contributed by atoms with Gasteiger partial charge in [-0.3, -0.25) is 0 Å². The fraction of sp³-hybridized carbons (Fsp3) is 0.500. The Hall–Kier alpha value is -1.55. The minimum Gasteiger partial charge on any atom is -0.409 e. The van der Waals surface area contributed by atoms with Crippen LogP contribution in [0.2, 0.25) is 0 Å². The molecule has 0 amide bonds. The summed E-state index contributed by atoms with van der Waals surface area (Å²) in [7, 11) is 0. The van der Waals surface area contributed by atoms with E-state index in [9.17, 15) is 0 Å². The number of oxime groups is 1. The summed E-state index contributed by atoms with van der Waals surface area (Å²) in [6, 6.07) is 7.50. The van der Waals surface area contributed by atoms with Crippen molar-refractivity contribution in [2.24, 2.45) is 16.8 Å². The van der Waals surface area contributed by atoms with E-state index in [0.29, 0.717) is 12.2 Å². The third-order valence-corrected chi connectivity index (χ3v) is 2.70. The average molecular weight is 250 g/mol. The lowest BCUT2D eigenvalue weighted by Crippen LogP contribution is -2.12. The Kier molecular flexibility index (Phi) is 6.22. The zero-order chi connectivity index (χ0) is 13.4. The van der Waals surface area contributed by atoms with Crippen molar-refractivity contribution < 1.29 is 9.94 Å². The standard InChI is InChI=1S/C14H22N2O2/c1-11(2)4-3-9-18-10-12-5-7-13(8-6-12)14(15)16-17/h5-8,11,17H,3-4,9-10H2,1-2H3,(H2,15,16). The van der Waals surface area contributed by atoms with Gasteiger partial charge in [-0.05, 0) is 24.3 Å². The highest BCUT2D eigenvalue weighted by Crippen LogP contribution is 2.07. The maximum Gasteiger partial charge on any atom is 0.170 e. The minimum atomic E-state index is 0.124. The molecule has 0 bridgehead atoms. The molecule has 0 aliphatic carbocycles. The lowest BCUT2D eigenvalue weighted by Gasteiger charge is -2.07. The van der Waals surface area contributed by atoms with E-state index in [1.54, 1.807) is 0 Å². The monoisotopic (exact) mass is 250 g/mol. The maximum absolute atomic E-state index is 8.54. The van der Waals surface area contributed by atoms with Crippen molar-refractivity contribution in [3.05, 3.63) is 35.4 Å². The number of hydrogen-bond donors (Lipinski definition) is 2. The Morgan fingerprint density at radius 3 is 2.56 bits per heavy atom. The number of benzene rings is 1. The molecule has 0 atom stereocenters. The van der Waals surface area contributed by atoms with Crippen molar-refractivity contribution in [1.82, 2.24) is 0 Å². The first-order valence-electron chi connectivity index (χ1n) is 6.28. The highest BCUT2D eigenvalue weighted by atomic mass is 16.5. The topological polar surface area (TPSA) is 67.8 Å². The van der Waals surface area contributed by atoms with Gasteiger partial charge in [-0.25, -0.2) is 0 Å². The summed E-state index contributed by atoms with van der Waals surface area (Å²) in [4.78, 5) is 0. The van der Waals surface area contributed by atoms with Crippen molar-refractivity contribution in [2.75, 3.05) is 6.61 Å². The molecule has 0 aliphatic heterocycles. The summed E-state index contributed by atoms with van der Waals surface area (Å²) in [5.74, 6) is 0.855. The van der Waals surface area contributed by atoms with Crippen LogP contribution in [0, 0.1) is 5.92 Å². The third-order valence-electron chi connectivity index (χ3n) is 2.70. The van der Waals surface area contributed by atoms with Gasteiger partial charge in [0, 0.05) is 12.2 Å².